The fraction of sp³-hybridized carbons (Fsp3) is 0.528. The van der Waals surface area contributed by atoms with Crippen molar-refractivity contribution in [3.63, 3.8) is 0 Å². The average molecular weight is 1250 g/mol. The predicted octanol–water partition coefficient (Wildman–Crippen LogP) is 6.27. The predicted molar refractivity (Wildman–Crippen MR) is 322 cm³/mol. The standard InChI is InChI=1S/C26H37N7O5S.C20H23ClN6O6S.C7H15N.2H2S/c1-17-12-26(5,6)32(13-17)23-18(24(35)30-39(36,37)20-14-31(7)28-19(20)15-34)8-9-21(27-23)33-11-10-22(29-33)38-16-25(2,3)4;1-20(2,3)11-33-15-8-9-27(23-15)14-7-6-12(17(21)22-14)18(28)25-34(30,31)13-10-26(4)24-16(13)19(29)32-5;1-6-4-7(2,3)8-5-6;;/h8-11,14,17,34H,12-13,15-16H2,1-7H3,(H,30,35);6-10H,11H2,1-5H3,(H,25,28);6,8H,4-5H2,1-3H3;2*1H2/t17-;;6-;;/m0.0../s1. The van der Waals surface area contributed by atoms with Gasteiger partial charge in [-0.3, -0.25) is 19.0 Å². The maximum absolute atomic E-state index is 13.5. The Labute approximate surface area is 504 Å². The molecule has 458 valence electrons. The highest BCUT2D eigenvalue weighted by Crippen LogP contribution is 2.38. The van der Waals surface area contributed by atoms with Crippen LogP contribution in [0.25, 0.3) is 11.6 Å². The van der Waals surface area contributed by atoms with Gasteiger partial charge in [0.1, 0.15) is 26.5 Å². The lowest BCUT2D eigenvalue weighted by Crippen LogP contribution is -2.41. The van der Waals surface area contributed by atoms with E-state index >= 15 is 0 Å². The number of ether oxygens (including phenoxy) is 3. The molecule has 83 heavy (non-hydrogen) atoms. The second-order valence-corrected chi connectivity index (χ2v) is 27.6. The zero-order chi connectivity index (χ0) is 60.2. The molecule has 0 radical (unpaired) electrons. The molecule has 0 aromatic carbocycles. The SMILES string of the molecule is COC(=O)c1nn(C)cc1S(=O)(=O)NC(=O)c1ccc(-n2ccc(OCC(C)(C)C)n2)nc1Cl.C[C@@H]1CN(c2nc(-n3ccc(OCC(C)(C)C)n3)ccc2C(=O)NS(=O)(=O)c2cn(C)nc2CO)C(C)(C)C1.C[C@@H]1CNC(C)(C)C1.S.S. The number of amides is 2. The average Bonchev–Trinajstić information content (AvgIpc) is 4.33. The number of aliphatic hydroxyl groups excluding tert-OH is 1. The van der Waals surface area contributed by atoms with Crippen LogP contribution in [0.5, 0.6) is 11.8 Å². The minimum absolute atomic E-state index is 0. The lowest BCUT2D eigenvalue weighted by Gasteiger charge is -2.34. The van der Waals surface area contributed by atoms with E-state index in [2.05, 4.69) is 102 Å². The monoisotopic (exact) mass is 1250 g/mol. The number of anilines is 1. The van der Waals surface area contributed by atoms with Gasteiger partial charge in [0.2, 0.25) is 11.8 Å². The first-order chi connectivity index (χ1) is 37.5. The molecular weight excluding hydrogens is 1170 g/mol. The molecule has 30 heteroatoms. The molecule has 2 fully saturated rings. The van der Waals surface area contributed by atoms with E-state index in [4.69, 9.17) is 26.1 Å². The molecule has 2 aliphatic heterocycles. The van der Waals surface area contributed by atoms with Gasteiger partial charge in [0.15, 0.2) is 17.3 Å². The molecule has 2 saturated heterocycles. The molecular formula is C53H79ClN14O11S4. The van der Waals surface area contributed by atoms with Crippen LogP contribution in [0.2, 0.25) is 5.15 Å². The molecule has 0 spiro atoms. The van der Waals surface area contributed by atoms with Crippen molar-refractivity contribution in [1.82, 2.24) is 63.9 Å². The Hall–Kier alpha value is -6.24. The molecule has 0 unspecified atom stereocenters. The number of carbonyl (C=O) groups is 3. The Morgan fingerprint density at radius 1 is 0.723 bits per heavy atom. The van der Waals surface area contributed by atoms with Crippen LogP contribution < -0.4 is 29.1 Å². The summed E-state index contributed by atoms with van der Waals surface area (Å²) in [5, 5.41) is 29.2. The fourth-order valence-electron chi connectivity index (χ4n) is 8.91. The van der Waals surface area contributed by atoms with Gasteiger partial charge in [0.25, 0.3) is 31.9 Å². The first-order valence-corrected chi connectivity index (χ1v) is 29.3. The van der Waals surface area contributed by atoms with Gasteiger partial charge in [-0.25, -0.2) is 50.4 Å². The molecule has 0 saturated carbocycles. The quantitative estimate of drug-likeness (QED) is 0.0651. The highest BCUT2D eigenvalue weighted by molar-refractivity contribution is 7.90. The van der Waals surface area contributed by atoms with Crippen molar-refractivity contribution < 1.29 is 50.5 Å². The molecule has 2 atom stereocenters. The summed E-state index contributed by atoms with van der Waals surface area (Å²) in [6, 6.07) is 9.31. The third-order valence-corrected chi connectivity index (χ3v) is 15.4. The number of aliphatic hydroxyl groups is 1. The van der Waals surface area contributed by atoms with Crippen LogP contribution in [0.3, 0.4) is 0 Å². The lowest BCUT2D eigenvalue weighted by molar-refractivity contribution is 0.0588. The summed E-state index contributed by atoms with van der Waals surface area (Å²) in [7, 11) is -4.75. The van der Waals surface area contributed by atoms with E-state index in [-0.39, 0.29) is 76.0 Å². The minimum Gasteiger partial charge on any atom is -0.476 e. The van der Waals surface area contributed by atoms with Crippen molar-refractivity contribution in [2.24, 2.45) is 36.8 Å². The molecule has 0 aliphatic carbocycles. The summed E-state index contributed by atoms with van der Waals surface area (Å²) in [5.41, 5.74) is -0.595. The van der Waals surface area contributed by atoms with Crippen LogP contribution in [0.4, 0.5) is 5.82 Å². The second kappa shape index (κ2) is 27.2. The first-order valence-electron chi connectivity index (χ1n) is 26.0. The van der Waals surface area contributed by atoms with Gasteiger partial charge in [-0.05, 0) is 94.0 Å². The fourth-order valence-corrected chi connectivity index (χ4v) is 11.5. The zero-order valence-electron chi connectivity index (χ0n) is 49.5. The van der Waals surface area contributed by atoms with Crippen LogP contribution in [-0.4, -0.2) is 133 Å². The van der Waals surface area contributed by atoms with E-state index in [1.54, 1.807) is 41.3 Å². The molecule has 0 bridgehead atoms. The van der Waals surface area contributed by atoms with E-state index in [0.717, 1.165) is 30.3 Å². The Kier molecular flexibility index (Phi) is 22.7. The number of carbonyl (C=O) groups excluding carboxylic acids is 3. The van der Waals surface area contributed by atoms with Crippen molar-refractivity contribution in [3.05, 3.63) is 88.9 Å². The van der Waals surface area contributed by atoms with Gasteiger partial charge in [-0.2, -0.15) is 37.2 Å². The molecule has 8 rings (SSSR count). The van der Waals surface area contributed by atoms with Crippen LogP contribution in [0.15, 0.2) is 71.0 Å². The first kappa shape index (κ1) is 69.3. The Bertz CT molecular complexity index is 3470. The van der Waals surface area contributed by atoms with E-state index < -0.39 is 55.0 Å². The Morgan fingerprint density at radius 2 is 1.22 bits per heavy atom. The number of hydrogen-bond donors (Lipinski definition) is 4. The normalized spacial score (nSPS) is 16.5. The van der Waals surface area contributed by atoms with Crippen molar-refractivity contribution in [1.29, 1.82) is 0 Å². The molecule has 6 aromatic heterocycles. The number of esters is 1. The molecule has 4 N–H and O–H groups in total. The van der Waals surface area contributed by atoms with Gasteiger partial charge in [0.05, 0.1) is 38.1 Å². The van der Waals surface area contributed by atoms with E-state index in [1.165, 1.54) is 54.8 Å². The number of methoxy groups -OCH3 is 1. The number of pyridine rings is 2. The summed E-state index contributed by atoms with van der Waals surface area (Å²) in [6.07, 6.45) is 7.85. The number of rotatable bonds is 15. The molecule has 2 aliphatic rings. The number of nitrogens with zero attached hydrogens (tertiary/aromatic N) is 11. The van der Waals surface area contributed by atoms with E-state index in [0.29, 0.717) is 54.6 Å². The third-order valence-electron chi connectivity index (χ3n) is 12.4. The van der Waals surface area contributed by atoms with Gasteiger partial charge in [-0.15, -0.1) is 10.2 Å². The van der Waals surface area contributed by atoms with Gasteiger partial charge in [0, 0.05) is 68.6 Å². The summed E-state index contributed by atoms with van der Waals surface area (Å²) in [6.45, 7) is 27.6. The third kappa shape index (κ3) is 18.4. The molecule has 2 amide bonds. The van der Waals surface area contributed by atoms with Crippen LogP contribution >= 0.6 is 38.6 Å². The molecule has 6 aromatic rings. The minimum atomic E-state index is -4.47. The van der Waals surface area contributed by atoms with Crippen LogP contribution in [0.1, 0.15) is 133 Å². The zero-order valence-corrected chi connectivity index (χ0v) is 53.9. The number of aryl methyl sites for hydroxylation is 2. The van der Waals surface area contributed by atoms with Crippen molar-refractivity contribution >= 4 is 82.2 Å². The smallest absolute Gasteiger partial charge is 0.360 e. The van der Waals surface area contributed by atoms with Crippen LogP contribution in [-0.2, 0) is 45.5 Å². The largest absolute Gasteiger partial charge is 0.476 e. The lowest BCUT2D eigenvalue weighted by atomic mass is 9.97. The Balaban J connectivity index is 0.000000309. The van der Waals surface area contributed by atoms with Gasteiger partial charge >= 0.3 is 5.97 Å². The van der Waals surface area contributed by atoms with E-state index in [9.17, 15) is 36.3 Å². The van der Waals surface area contributed by atoms with Crippen LogP contribution in [0, 0.1) is 22.7 Å². The summed E-state index contributed by atoms with van der Waals surface area (Å²) >= 11 is 6.16. The van der Waals surface area contributed by atoms with Gasteiger partial charge in [-0.1, -0.05) is 67.0 Å². The number of nitrogens with one attached hydrogen (secondary N) is 3. The number of halogens is 1. The second-order valence-electron chi connectivity index (χ2n) is 23.9. The maximum atomic E-state index is 13.5. The van der Waals surface area contributed by atoms with Gasteiger partial charge < -0.3 is 29.5 Å². The highest BCUT2D eigenvalue weighted by atomic mass is 35.5. The highest BCUT2D eigenvalue weighted by Gasteiger charge is 2.40. The summed E-state index contributed by atoms with van der Waals surface area (Å²) in [5.74, 6) is 0.319. The Morgan fingerprint density at radius 3 is 1.66 bits per heavy atom. The van der Waals surface area contributed by atoms with E-state index in [1.807, 2.05) is 30.4 Å². The maximum Gasteiger partial charge on any atom is 0.360 e. The van der Waals surface area contributed by atoms with Crippen molar-refractivity contribution in [2.75, 3.05) is 38.3 Å². The molecule has 25 nitrogen and oxygen atoms in total. The summed E-state index contributed by atoms with van der Waals surface area (Å²) in [4.78, 5) is 48.1. The van der Waals surface area contributed by atoms with Crippen molar-refractivity contribution in [2.45, 2.75) is 123 Å². The molecule has 8 heterocycles. The summed E-state index contributed by atoms with van der Waals surface area (Å²) < 4.78 is 76.9. The van der Waals surface area contributed by atoms with Crippen molar-refractivity contribution in [3.8, 4) is 23.4 Å². The number of hydrogen-bond acceptors (Lipinski definition) is 19. The number of aromatic nitrogens is 10. The topological polar surface area (TPSA) is 304 Å². The number of sulfonamides is 2.